The first kappa shape index (κ1) is 21.4. The van der Waals surface area contributed by atoms with Crippen LogP contribution in [0.15, 0.2) is 6.20 Å². The lowest BCUT2D eigenvalue weighted by Crippen LogP contribution is -2.37. The van der Waals surface area contributed by atoms with Crippen LogP contribution in [0.25, 0.3) is 5.95 Å². The molecule has 4 N–H and O–H groups in total. The molecule has 2 atom stereocenters. The van der Waals surface area contributed by atoms with Gasteiger partial charge >= 0.3 is 0 Å². The van der Waals surface area contributed by atoms with E-state index in [4.69, 9.17) is 5.73 Å². The number of anilines is 1. The van der Waals surface area contributed by atoms with E-state index in [9.17, 15) is 14.7 Å². The van der Waals surface area contributed by atoms with Crippen LogP contribution in [-0.2, 0) is 12.8 Å². The van der Waals surface area contributed by atoms with E-state index in [2.05, 4.69) is 34.2 Å². The topological polar surface area (TPSA) is 136 Å². The van der Waals surface area contributed by atoms with Gasteiger partial charge in [0.15, 0.2) is 5.78 Å². The number of aromatic nitrogens is 4. The van der Waals surface area contributed by atoms with Crippen LogP contribution in [0, 0.1) is 5.41 Å². The molecule has 4 rings (SSSR count). The number of aliphatic hydroxyl groups is 1. The summed E-state index contributed by atoms with van der Waals surface area (Å²) in [6.45, 7) is 6.09. The minimum Gasteiger partial charge on any atom is -0.391 e. The molecule has 31 heavy (non-hydrogen) atoms. The number of fused-ring (bicyclic) bond motifs is 1. The molecule has 2 aromatic rings. The average Bonchev–Trinajstić information content (AvgIpc) is 3.07. The fraction of sp³-hybridized carbons (Fsp3) is 0.591. The lowest BCUT2D eigenvalue weighted by Gasteiger charge is -2.30. The number of aryl methyl sites for hydroxylation is 1. The standard InChI is InChI=1S/C22H30N6O3/c1-4-13-18-15(9-22(2,3)10-17(18)30)28(27-13)21-24-11-12(19(23)31)20(26-21)25-14-7-5-6-8-16(14)29/h11,14,16,29H,4-10H2,1-3H3,(H2,23,31)(H,24,25,26). The van der Waals surface area contributed by atoms with Gasteiger partial charge in [0, 0.05) is 12.6 Å². The van der Waals surface area contributed by atoms with Gasteiger partial charge in [-0.3, -0.25) is 9.59 Å². The Bertz CT molecular complexity index is 1030. The molecule has 2 unspecified atom stereocenters. The highest BCUT2D eigenvalue weighted by Gasteiger charge is 2.37. The molecule has 166 valence electrons. The summed E-state index contributed by atoms with van der Waals surface area (Å²) in [5, 5.41) is 18.2. The highest BCUT2D eigenvalue weighted by molar-refractivity contribution is 6.00. The average molecular weight is 427 g/mol. The van der Waals surface area contributed by atoms with Crippen molar-refractivity contribution < 1.29 is 14.7 Å². The zero-order chi connectivity index (χ0) is 22.3. The second-order valence-electron chi connectivity index (χ2n) is 9.37. The van der Waals surface area contributed by atoms with Gasteiger partial charge < -0.3 is 16.2 Å². The normalized spacial score (nSPS) is 22.8. The number of rotatable bonds is 5. The van der Waals surface area contributed by atoms with Crippen molar-refractivity contribution in [2.75, 3.05) is 5.32 Å². The van der Waals surface area contributed by atoms with Crippen LogP contribution in [0.2, 0.25) is 0 Å². The number of hydrogen-bond acceptors (Lipinski definition) is 7. The summed E-state index contributed by atoms with van der Waals surface area (Å²) < 4.78 is 1.63. The van der Waals surface area contributed by atoms with Gasteiger partial charge in [-0.2, -0.15) is 10.1 Å². The van der Waals surface area contributed by atoms with Gasteiger partial charge in [0.2, 0.25) is 0 Å². The SMILES string of the molecule is CCc1nn(-c2ncc(C(N)=O)c(NC3CCCCC3O)n2)c2c1C(=O)CC(C)(C)C2. The molecule has 2 heterocycles. The molecule has 1 amide bonds. The molecule has 1 saturated carbocycles. The summed E-state index contributed by atoms with van der Waals surface area (Å²) in [5.41, 5.74) is 7.72. The zero-order valence-electron chi connectivity index (χ0n) is 18.3. The molecule has 0 saturated heterocycles. The number of primary amides is 1. The Hall–Kier alpha value is -2.81. The molecule has 9 nitrogen and oxygen atoms in total. The Balaban J connectivity index is 1.79. The first-order valence-corrected chi connectivity index (χ1v) is 11.0. The maximum absolute atomic E-state index is 12.8. The number of carbonyl (C=O) groups excluding carboxylic acids is 2. The lowest BCUT2D eigenvalue weighted by molar-refractivity contribution is 0.0909. The van der Waals surface area contributed by atoms with Crippen molar-refractivity contribution in [3.8, 4) is 5.95 Å². The van der Waals surface area contributed by atoms with E-state index >= 15 is 0 Å². The zero-order valence-corrected chi connectivity index (χ0v) is 18.3. The fourth-order valence-corrected chi connectivity index (χ4v) is 4.66. The third-order valence-corrected chi connectivity index (χ3v) is 6.23. The lowest BCUT2D eigenvalue weighted by atomic mass is 9.75. The molecule has 0 radical (unpaired) electrons. The number of amides is 1. The van der Waals surface area contributed by atoms with E-state index in [1.807, 2.05) is 6.92 Å². The summed E-state index contributed by atoms with van der Waals surface area (Å²) in [6, 6.07) is -0.215. The predicted octanol–water partition coefficient (Wildman–Crippen LogP) is 2.19. The van der Waals surface area contributed by atoms with Crippen molar-refractivity contribution in [1.82, 2.24) is 19.7 Å². The number of nitrogens with one attached hydrogen (secondary N) is 1. The number of carbonyl (C=O) groups is 2. The van der Waals surface area contributed by atoms with E-state index < -0.39 is 12.0 Å². The molecule has 2 aliphatic carbocycles. The molecule has 0 aromatic carbocycles. The maximum atomic E-state index is 12.8. The van der Waals surface area contributed by atoms with Crippen molar-refractivity contribution in [3.05, 3.63) is 28.7 Å². The highest BCUT2D eigenvalue weighted by atomic mass is 16.3. The van der Waals surface area contributed by atoms with Gasteiger partial charge in [0.05, 0.1) is 34.7 Å². The first-order chi connectivity index (χ1) is 14.7. The van der Waals surface area contributed by atoms with Crippen LogP contribution in [0.5, 0.6) is 0 Å². The molecule has 2 aromatic heterocycles. The van der Waals surface area contributed by atoms with Crippen molar-refractivity contribution in [3.63, 3.8) is 0 Å². The molecule has 0 bridgehead atoms. The number of nitrogens with zero attached hydrogens (tertiary/aromatic N) is 4. The van der Waals surface area contributed by atoms with Crippen molar-refractivity contribution in [1.29, 1.82) is 0 Å². The van der Waals surface area contributed by atoms with E-state index in [-0.39, 0.29) is 34.6 Å². The van der Waals surface area contributed by atoms with Crippen LogP contribution in [0.3, 0.4) is 0 Å². The Kier molecular flexibility index (Phi) is 5.55. The number of ketones is 1. The minimum absolute atomic E-state index is 0.0896. The van der Waals surface area contributed by atoms with Gasteiger partial charge in [0.1, 0.15) is 5.82 Å². The predicted molar refractivity (Wildman–Crippen MR) is 115 cm³/mol. The molecular formula is C22H30N6O3. The van der Waals surface area contributed by atoms with Gasteiger partial charge in [-0.25, -0.2) is 9.67 Å². The number of nitrogens with two attached hydrogens (primary N) is 1. The van der Waals surface area contributed by atoms with Gasteiger partial charge in [-0.1, -0.05) is 33.6 Å². The summed E-state index contributed by atoms with van der Waals surface area (Å²) in [4.78, 5) is 33.7. The molecule has 0 spiro atoms. The second kappa shape index (κ2) is 8.03. The summed E-state index contributed by atoms with van der Waals surface area (Å²) in [7, 11) is 0. The van der Waals surface area contributed by atoms with Gasteiger partial charge in [-0.05, 0) is 31.1 Å². The first-order valence-electron chi connectivity index (χ1n) is 11.0. The third kappa shape index (κ3) is 4.06. The quantitative estimate of drug-likeness (QED) is 0.667. The van der Waals surface area contributed by atoms with Gasteiger partial charge in [-0.15, -0.1) is 0 Å². The Morgan fingerprint density at radius 3 is 2.74 bits per heavy atom. The van der Waals surface area contributed by atoms with Crippen LogP contribution < -0.4 is 11.1 Å². The van der Waals surface area contributed by atoms with Crippen molar-refractivity contribution in [2.45, 2.75) is 77.9 Å². The Labute approximate surface area is 181 Å². The molecule has 2 aliphatic rings. The molecule has 1 fully saturated rings. The van der Waals surface area contributed by atoms with Crippen molar-refractivity contribution >= 4 is 17.5 Å². The number of hydrogen-bond donors (Lipinski definition) is 3. The third-order valence-electron chi connectivity index (χ3n) is 6.23. The summed E-state index contributed by atoms with van der Waals surface area (Å²) in [6.07, 6.45) is 6.08. The monoisotopic (exact) mass is 426 g/mol. The summed E-state index contributed by atoms with van der Waals surface area (Å²) >= 11 is 0. The molecule has 9 heteroatoms. The van der Waals surface area contributed by atoms with Crippen LogP contribution in [0.4, 0.5) is 5.82 Å². The molecule has 0 aliphatic heterocycles. The smallest absolute Gasteiger partial charge is 0.254 e. The van der Waals surface area contributed by atoms with Crippen LogP contribution in [0.1, 0.15) is 85.0 Å². The van der Waals surface area contributed by atoms with Crippen LogP contribution in [-0.4, -0.2) is 48.7 Å². The van der Waals surface area contributed by atoms with E-state index in [1.54, 1.807) is 4.68 Å². The van der Waals surface area contributed by atoms with E-state index in [1.165, 1.54) is 6.20 Å². The molecular weight excluding hydrogens is 396 g/mol. The van der Waals surface area contributed by atoms with Crippen molar-refractivity contribution in [2.24, 2.45) is 11.1 Å². The minimum atomic E-state index is -0.646. The highest BCUT2D eigenvalue weighted by Crippen LogP contribution is 2.37. The number of aliphatic hydroxyl groups excluding tert-OH is 1. The van der Waals surface area contributed by atoms with E-state index in [0.29, 0.717) is 31.2 Å². The summed E-state index contributed by atoms with van der Waals surface area (Å²) in [5.74, 6) is 0.00516. The number of Topliss-reactive ketones (excluding diaryl/α,β-unsaturated/α-hetero) is 1. The van der Waals surface area contributed by atoms with Crippen LogP contribution >= 0.6 is 0 Å². The Morgan fingerprint density at radius 1 is 1.32 bits per heavy atom. The second-order valence-corrected chi connectivity index (χ2v) is 9.37. The van der Waals surface area contributed by atoms with E-state index in [0.717, 1.165) is 30.7 Å². The van der Waals surface area contributed by atoms with Gasteiger partial charge in [0.25, 0.3) is 11.9 Å². The largest absolute Gasteiger partial charge is 0.391 e. The fourth-order valence-electron chi connectivity index (χ4n) is 4.66. The maximum Gasteiger partial charge on any atom is 0.254 e. The Morgan fingerprint density at radius 2 is 2.06 bits per heavy atom.